The number of alkyl halides is 3. The van der Waals surface area contributed by atoms with Gasteiger partial charge in [0, 0.05) is 23.9 Å². The van der Waals surface area contributed by atoms with Crippen LogP contribution in [0.5, 0.6) is 0 Å². The molecule has 260 valence electrons. The summed E-state index contributed by atoms with van der Waals surface area (Å²) in [5.74, 6) is -1.34. The second-order valence-corrected chi connectivity index (χ2v) is 13.2. The number of amides is 1. The Kier molecular flexibility index (Phi) is 10.8. The molecule has 1 aliphatic heterocycles. The molecule has 0 bridgehead atoms. The molecule has 1 unspecified atom stereocenters. The van der Waals surface area contributed by atoms with E-state index in [1.165, 1.54) is 24.1 Å². The normalized spacial score (nSPS) is 17.6. The number of methoxy groups -OCH3 is 1. The van der Waals surface area contributed by atoms with Crippen molar-refractivity contribution in [2.75, 3.05) is 13.7 Å². The molecule has 3 atom stereocenters. The Labute approximate surface area is 290 Å². The highest BCUT2D eigenvalue weighted by Crippen LogP contribution is 2.34. The van der Waals surface area contributed by atoms with E-state index in [0.717, 1.165) is 60.9 Å². The fraction of sp³-hybridized carbons (Fsp3) is 0.341. The van der Waals surface area contributed by atoms with Crippen molar-refractivity contribution in [3.63, 3.8) is 0 Å². The van der Waals surface area contributed by atoms with E-state index in [-0.39, 0.29) is 29.7 Å². The van der Waals surface area contributed by atoms with E-state index in [1.807, 2.05) is 54.6 Å². The van der Waals surface area contributed by atoms with Crippen LogP contribution in [0, 0.1) is 5.92 Å². The Balaban J connectivity index is 1.37. The number of carbonyl (C=O) groups is 3. The first kappa shape index (κ1) is 35.1. The molecule has 4 aromatic rings. The number of ether oxygens (including phenoxy) is 1. The molecule has 4 aromatic carbocycles. The highest BCUT2D eigenvalue weighted by molar-refractivity contribution is 6.01. The number of hydrogen-bond acceptors (Lipinski definition) is 5. The first-order valence-electron chi connectivity index (χ1n) is 17.2. The molecule has 1 aliphatic carbocycles. The summed E-state index contributed by atoms with van der Waals surface area (Å²) >= 11 is 0. The smallest absolute Gasteiger partial charge is 0.416 e. The summed E-state index contributed by atoms with van der Waals surface area (Å²) in [5, 5.41) is 3.45. The van der Waals surface area contributed by atoms with Crippen molar-refractivity contribution in [3.05, 3.63) is 120 Å². The van der Waals surface area contributed by atoms with E-state index in [1.54, 1.807) is 24.3 Å². The third kappa shape index (κ3) is 7.83. The number of rotatable bonds is 11. The average molecular weight is 683 g/mol. The first-order chi connectivity index (χ1) is 24.1. The predicted octanol–water partition coefficient (Wildman–Crippen LogP) is 8.15. The first-order valence-corrected chi connectivity index (χ1v) is 17.2. The van der Waals surface area contributed by atoms with Crippen molar-refractivity contribution in [1.82, 2.24) is 10.2 Å². The summed E-state index contributed by atoms with van der Waals surface area (Å²) in [7, 11) is 1.29. The van der Waals surface area contributed by atoms with Gasteiger partial charge in [-0.3, -0.25) is 9.59 Å². The largest absolute Gasteiger partial charge is 0.467 e. The minimum atomic E-state index is -4.45. The Bertz CT molecular complexity index is 1760. The van der Waals surface area contributed by atoms with Crippen molar-refractivity contribution in [3.8, 4) is 22.3 Å². The molecule has 0 spiro atoms. The summed E-state index contributed by atoms with van der Waals surface area (Å²) in [4.78, 5) is 44.4. The highest BCUT2D eigenvalue weighted by Gasteiger charge is 2.46. The summed E-state index contributed by atoms with van der Waals surface area (Å²) in [6.07, 6.45) is 0.582. The van der Waals surface area contributed by atoms with E-state index in [2.05, 4.69) is 5.32 Å². The van der Waals surface area contributed by atoms with E-state index >= 15 is 0 Å². The summed E-state index contributed by atoms with van der Waals surface area (Å²) in [5.41, 5.74) is 3.57. The van der Waals surface area contributed by atoms with E-state index < -0.39 is 35.7 Å². The maximum absolute atomic E-state index is 14.8. The van der Waals surface area contributed by atoms with Crippen molar-refractivity contribution in [2.45, 2.75) is 69.2 Å². The number of carbonyl (C=O) groups excluding carboxylic acids is 3. The SMILES string of the molecule is COC(=O)[C@H](Cc1ccc(-c2ccccc2)cc1)N(C(=O)c1ccc(-c2ccc(C(F)(F)F)cc2)cc1)C(C(=O)C1CCCC1)[C@@H]1CCCN1. The van der Waals surface area contributed by atoms with Gasteiger partial charge in [-0.15, -0.1) is 0 Å². The van der Waals surface area contributed by atoms with Crippen molar-refractivity contribution in [1.29, 1.82) is 0 Å². The van der Waals surface area contributed by atoms with Gasteiger partial charge in [0.25, 0.3) is 5.91 Å². The lowest BCUT2D eigenvalue weighted by atomic mass is 9.87. The molecule has 2 aliphatic rings. The molecule has 6 rings (SSSR count). The molecule has 1 saturated heterocycles. The Morgan fingerprint density at radius 2 is 1.32 bits per heavy atom. The molecule has 0 aromatic heterocycles. The van der Waals surface area contributed by atoms with Gasteiger partial charge in [-0.1, -0.05) is 91.7 Å². The topological polar surface area (TPSA) is 75.7 Å². The quantitative estimate of drug-likeness (QED) is 0.162. The van der Waals surface area contributed by atoms with Gasteiger partial charge in [-0.25, -0.2) is 4.79 Å². The van der Waals surface area contributed by atoms with Crippen LogP contribution in [0.15, 0.2) is 103 Å². The molecule has 1 amide bonds. The van der Waals surface area contributed by atoms with Crippen LogP contribution in [-0.2, 0) is 26.9 Å². The van der Waals surface area contributed by atoms with Gasteiger partial charge in [-0.05, 0) is 84.3 Å². The van der Waals surface area contributed by atoms with Gasteiger partial charge < -0.3 is 15.0 Å². The lowest BCUT2D eigenvalue weighted by molar-refractivity contribution is -0.148. The number of halogens is 3. The van der Waals surface area contributed by atoms with Gasteiger partial charge in [0.2, 0.25) is 0 Å². The van der Waals surface area contributed by atoms with Gasteiger partial charge in [-0.2, -0.15) is 13.2 Å². The van der Waals surface area contributed by atoms with Gasteiger partial charge in [0.15, 0.2) is 5.78 Å². The number of ketones is 1. The van der Waals surface area contributed by atoms with E-state index in [0.29, 0.717) is 24.1 Å². The molecule has 1 N–H and O–H groups in total. The summed E-state index contributed by atoms with van der Waals surface area (Å²) < 4.78 is 44.8. The van der Waals surface area contributed by atoms with Crippen molar-refractivity contribution in [2.24, 2.45) is 5.92 Å². The number of esters is 1. The summed E-state index contributed by atoms with van der Waals surface area (Å²) in [6, 6.07) is 26.8. The van der Waals surface area contributed by atoms with Crippen LogP contribution in [0.1, 0.15) is 60.0 Å². The minimum Gasteiger partial charge on any atom is -0.467 e. The van der Waals surface area contributed by atoms with Crippen LogP contribution in [0.3, 0.4) is 0 Å². The predicted molar refractivity (Wildman–Crippen MR) is 186 cm³/mol. The maximum atomic E-state index is 14.8. The van der Waals surface area contributed by atoms with Crippen LogP contribution in [0.25, 0.3) is 22.3 Å². The van der Waals surface area contributed by atoms with Crippen LogP contribution < -0.4 is 5.32 Å². The molecule has 0 radical (unpaired) electrons. The molecular formula is C41H41F3N2O4. The van der Waals surface area contributed by atoms with Crippen LogP contribution >= 0.6 is 0 Å². The Hall–Kier alpha value is -4.76. The number of hydrogen-bond donors (Lipinski definition) is 1. The number of nitrogens with zero attached hydrogens (tertiary/aromatic N) is 1. The molecular weight excluding hydrogens is 641 g/mol. The van der Waals surface area contributed by atoms with Gasteiger partial charge in [0.1, 0.15) is 12.1 Å². The molecule has 1 saturated carbocycles. The zero-order valence-corrected chi connectivity index (χ0v) is 28.0. The second-order valence-electron chi connectivity index (χ2n) is 13.2. The van der Waals surface area contributed by atoms with Crippen molar-refractivity contribution >= 4 is 17.7 Å². The summed E-state index contributed by atoms with van der Waals surface area (Å²) in [6.45, 7) is 0.701. The van der Waals surface area contributed by atoms with Crippen LogP contribution in [0.2, 0.25) is 0 Å². The third-order valence-corrected chi connectivity index (χ3v) is 10.0. The molecule has 1 heterocycles. The number of Topliss-reactive ketones (excluding diaryl/α,β-unsaturated/α-hetero) is 1. The molecule has 9 heteroatoms. The minimum absolute atomic E-state index is 0.0371. The zero-order chi connectivity index (χ0) is 35.3. The maximum Gasteiger partial charge on any atom is 0.416 e. The van der Waals surface area contributed by atoms with Crippen LogP contribution in [-0.4, -0.2) is 54.3 Å². The number of benzene rings is 4. The zero-order valence-electron chi connectivity index (χ0n) is 28.0. The fourth-order valence-electron chi connectivity index (χ4n) is 7.35. The number of nitrogens with one attached hydrogen (secondary N) is 1. The lowest BCUT2D eigenvalue weighted by Crippen LogP contribution is -2.61. The third-order valence-electron chi connectivity index (χ3n) is 10.0. The highest BCUT2D eigenvalue weighted by atomic mass is 19.4. The van der Waals surface area contributed by atoms with E-state index in [9.17, 15) is 27.6 Å². The second kappa shape index (κ2) is 15.4. The average Bonchev–Trinajstić information content (AvgIpc) is 3.89. The Morgan fingerprint density at radius 3 is 1.86 bits per heavy atom. The van der Waals surface area contributed by atoms with Crippen molar-refractivity contribution < 1.29 is 32.3 Å². The monoisotopic (exact) mass is 682 g/mol. The molecule has 6 nitrogen and oxygen atoms in total. The molecule has 2 fully saturated rings. The van der Waals surface area contributed by atoms with Crippen LogP contribution in [0.4, 0.5) is 13.2 Å². The van der Waals surface area contributed by atoms with Gasteiger partial charge >= 0.3 is 12.1 Å². The standard InChI is InChI=1S/C41H41F3N2O4/c1-50-40(49)36(26-27-13-15-29(16-14-27)28-8-3-2-4-9-28)46(37(35-12-7-25-45-35)38(47)32-10-5-6-11-32)39(48)33-19-17-30(18-20-33)31-21-23-34(24-22-31)41(42,43)44/h2-4,8-9,13-24,32,35-37,45H,5-7,10-12,25-26H2,1H3/t35-,36-,37?/m0/s1. The lowest BCUT2D eigenvalue weighted by Gasteiger charge is -2.40. The Morgan fingerprint density at radius 1 is 0.760 bits per heavy atom. The molecule has 50 heavy (non-hydrogen) atoms. The van der Waals surface area contributed by atoms with Gasteiger partial charge in [0.05, 0.1) is 12.7 Å². The fourth-order valence-corrected chi connectivity index (χ4v) is 7.35. The van der Waals surface area contributed by atoms with E-state index in [4.69, 9.17) is 4.74 Å².